The van der Waals surface area contributed by atoms with E-state index in [4.69, 9.17) is 4.98 Å². The molecule has 0 radical (unpaired) electrons. The van der Waals surface area contributed by atoms with Gasteiger partial charge < -0.3 is 4.90 Å². The average Bonchev–Trinajstić information content (AvgIpc) is 2.79. The molecular weight excluding hydrogens is 408 g/mol. The predicted molar refractivity (Wildman–Crippen MR) is 125 cm³/mol. The minimum atomic E-state index is -3.51. The van der Waals surface area contributed by atoms with Crippen molar-refractivity contribution in [2.45, 2.75) is 44.4 Å². The van der Waals surface area contributed by atoms with Gasteiger partial charge in [0.15, 0.2) is 5.82 Å². The van der Waals surface area contributed by atoms with Crippen LogP contribution in [0.25, 0.3) is 11.0 Å². The lowest BCUT2D eigenvalue weighted by molar-refractivity contribution is 0.383. The van der Waals surface area contributed by atoms with E-state index in [1.807, 2.05) is 43.3 Å². The monoisotopic (exact) mass is 438 g/mol. The number of hydrogen-bond acceptors (Lipinski definition) is 5. The van der Waals surface area contributed by atoms with Crippen LogP contribution in [0.4, 0.5) is 5.82 Å². The molecule has 0 unspecified atom stereocenters. The van der Waals surface area contributed by atoms with Gasteiger partial charge in [-0.15, -0.1) is 0 Å². The maximum absolute atomic E-state index is 13.2. The van der Waals surface area contributed by atoms with E-state index in [0.29, 0.717) is 31.1 Å². The summed E-state index contributed by atoms with van der Waals surface area (Å²) in [6.45, 7) is 10.5. The van der Waals surface area contributed by atoms with E-state index in [0.717, 1.165) is 34.5 Å². The second-order valence-corrected chi connectivity index (χ2v) is 10.7. The number of para-hydroxylation sites is 2. The third-order valence-electron chi connectivity index (χ3n) is 6.42. The van der Waals surface area contributed by atoms with Crippen molar-refractivity contribution in [2.75, 3.05) is 31.1 Å². The molecule has 31 heavy (non-hydrogen) atoms. The van der Waals surface area contributed by atoms with Crippen LogP contribution < -0.4 is 4.90 Å². The van der Waals surface area contributed by atoms with Crippen molar-refractivity contribution in [3.05, 3.63) is 59.8 Å². The molecule has 164 valence electrons. The molecule has 6 nitrogen and oxygen atoms in total. The van der Waals surface area contributed by atoms with Crippen LogP contribution in [0.3, 0.4) is 0 Å². The van der Waals surface area contributed by atoms with E-state index < -0.39 is 10.0 Å². The second kappa shape index (κ2) is 8.20. The summed E-state index contributed by atoms with van der Waals surface area (Å²) in [4.78, 5) is 11.9. The number of hydrogen-bond donors (Lipinski definition) is 0. The van der Waals surface area contributed by atoms with Crippen LogP contribution in [0, 0.1) is 6.92 Å². The summed E-state index contributed by atoms with van der Waals surface area (Å²) in [6, 6.07) is 15.2. The summed E-state index contributed by atoms with van der Waals surface area (Å²) >= 11 is 0. The molecule has 2 aromatic carbocycles. The number of nitrogens with zero attached hydrogens (tertiary/aromatic N) is 4. The van der Waals surface area contributed by atoms with Crippen LogP contribution in [0.1, 0.15) is 38.4 Å². The standard InChI is InChI=1S/C24H30N4O2S/c1-5-24(3,4)19-10-12-20(13-11-19)31(29,30)28-16-14-27(15-17-28)23-18(2)25-21-8-6-7-9-22(21)26-23/h6-13H,5,14-17H2,1-4H3. The molecule has 1 aliphatic heterocycles. The topological polar surface area (TPSA) is 66.4 Å². The van der Waals surface area contributed by atoms with Crippen LogP contribution in [0.2, 0.25) is 0 Å². The van der Waals surface area contributed by atoms with E-state index in [2.05, 4.69) is 30.7 Å². The first kappa shape index (κ1) is 21.7. The Bertz CT molecular complexity index is 1180. The summed E-state index contributed by atoms with van der Waals surface area (Å²) in [5, 5.41) is 0. The number of rotatable bonds is 5. The lowest BCUT2D eigenvalue weighted by atomic mass is 9.82. The quantitative estimate of drug-likeness (QED) is 0.599. The summed E-state index contributed by atoms with van der Waals surface area (Å²) < 4.78 is 27.9. The van der Waals surface area contributed by atoms with Crippen molar-refractivity contribution in [1.82, 2.24) is 14.3 Å². The molecule has 4 rings (SSSR count). The van der Waals surface area contributed by atoms with E-state index in [-0.39, 0.29) is 5.41 Å². The minimum absolute atomic E-state index is 0.0344. The van der Waals surface area contributed by atoms with Crippen molar-refractivity contribution in [3.8, 4) is 0 Å². The molecule has 1 saturated heterocycles. The van der Waals surface area contributed by atoms with Crippen LogP contribution in [-0.2, 0) is 15.4 Å². The summed E-state index contributed by atoms with van der Waals surface area (Å²) in [6.07, 6.45) is 0.998. The van der Waals surface area contributed by atoms with Crippen molar-refractivity contribution in [3.63, 3.8) is 0 Å². The molecule has 1 aromatic heterocycles. The highest BCUT2D eigenvalue weighted by molar-refractivity contribution is 7.89. The van der Waals surface area contributed by atoms with Crippen LogP contribution in [-0.4, -0.2) is 48.9 Å². The van der Waals surface area contributed by atoms with E-state index in [1.54, 1.807) is 16.4 Å². The molecule has 0 aliphatic carbocycles. The molecule has 0 amide bonds. The molecule has 0 saturated carbocycles. The van der Waals surface area contributed by atoms with Gasteiger partial charge in [-0.3, -0.25) is 0 Å². The number of piperazine rings is 1. The predicted octanol–water partition coefficient (Wildman–Crippen LogP) is 4.14. The Hall–Kier alpha value is -2.51. The first-order valence-corrected chi connectivity index (χ1v) is 12.3. The fraction of sp³-hybridized carbons (Fsp3) is 0.417. The zero-order valence-corrected chi connectivity index (χ0v) is 19.5. The maximum Gasteiger partial charge on any atom is 0.243 e. The Kier molecular flexibility index (Phi) is 5.75. The highest BCUT2D eigenvalue weighted by atomic mass is 32.2. The Labute approximate surface area is 185 Å². The highest BCUT2D eigenvalue weighted by Crippen LogP contribution is 2.29. The zero-order chi connectivity index (χ0) is 22.2. The molecule has 0 spiro atoms. The summed E-state index contributed by atoms with van der Waals surface area (Å²) in [7, 11) is -3.51. The molecule has 1 fully saturated rings. The van der Waals surface area contributed by atoms with Crippen molar-refractivity contribution < 1.29 is 8.42 Å². The SMILES string of the molecule is CCC(C)(C)c1ccc(S(=O)(=O)N2CCN(c3nc4ccccc4nc3C)CC2)cc1. The van der Waals surface area contributed by atoms with Gasteiger partial charge in [-0.05, 0) is 48.6 Å². The van der Waals surface area contributed by atoms with E-state index >= 15 is 0 Å². The smallest absolute Gasteiger partial charge is 0.243 e. The number of aryl methyl sites for hydroxylation is 1. The van der Waals surface area contributed by atoms with E-state index in [9.17, 15) is 8.42 Å². The molecule has 0 atom stereocenters. The van der Waals surface area contributed by atoms with Gasteiger partial charge in [0.1, 0.15) is 0 Å². The van der Waals surface area contributed by atoms with Gasteiger partial charge >= 0.3 is 0 Å². The number of sulfonamides is 1. The van der Waals surface area contributed by atoms with Crippen molar-refractivity contribution in [1.29, 1.82) is 0 Å². The average molecular weight is 439 g/mol. The molecule has 1 aliphatic rings. The van der Waals surface area contributed by atoms with Crippen LogP contribution in [0.5, 0.6) is 0 Å². The van der Waals surface area contributed by atoms with Crippen molar-refractivity contribution in [2.24, 2.45) is 0 Å². The van der Waals surface area contributed by atoms with E-state index in [1.165, 1.54) is 0 Å². The van der Waals surface area contributed by atoms with Gasteiger partial charge in [0.2, 0.25) is 10.0 Å². The van der Waals surface area contributed by atoms with Gasteiger partial charge in [0.05, 0.1) is 21.6 Å². The van der Waals surface area contributed by atoms with Gasteiger partial charge in [0, 0.05) is 26.2 Å². The number of aromatic nitrogens is 2. The largest absolute Gasteiger partial charge is 0.352 e. The fourth-order valence-electron chi connectivity index (χ4n) is 3.95. The lowest BCUT2D eigenvalue weighted by Crippen LogP contribution is -2.49. The Morgan fingerprint density at radius 1 is 0.903 bits per heavy atom. The van der Waals surface area contributed by atoms with Gasteiger partial charge in [-0.25, -0.2) is 18.4 Å². The summed E-state index contributed by atoms with van der Waals surface area (Å²) in [5.41, 5.74) is 3.79. The van der Waals surface area contributed by atoms with Crippen molar-refractivity contribution >= 4 is 26.9 Å². The molecule has 0 bridgehead atoms. The highest BCUT2D eigenvalue weighted by Gasteiger charge is 2.30. The first-order valence-electron chi connectivity index (χ1n) is 10.8. The first-order chi connectivity index (χ1) is 14.7. The third kappa shape index (κ3) is 4.16. The number of fused-ring (bicyclic) bond motifs is 1. The Morgan fingerprint density at radius 2 is 1.48 bits per heavy atom. The maximum atomic E-state index is 13.2. The molecule has 3 aromatic rings. The third-order valence-corrected chi connectivity index (χ3v) is 8.33. The lowest BCUT2D eigenvalue weighted by Gasteiger charge is -2.35. The molecule has 7 heteroatoms. The zero-order valence-electron chi connectivity index (χ0n) is 18.7. The van der Waals surface area contributed by atoms with Gasteiger partial charge in [-0.2, -0.15) is 4.31 Å². The fourth-order valence-corrected chi connectivity index (χ4v) is 5.37. The Balaban J connectivity index is 1.50. The molecule has 2 heterocycles. The normalized spacial score (nSPS) is 16.1. The van der Waals surface area contributed by atoms with Gasteiger partial charge in [-0.1, -0.05) is 45.0 Å². The van der Waals surface area contributed by atoms with Crippen LogP contribution in [0.15, 0.2) is 53.4 Å². The van der Waals surface area contributed by atoms with Gasteiger partial charge in [0.25, 0.3) is 0 Å². The Morgan fingerprint density at radius 3 is 2.06 bits per heavy atom. The summed E-state index contributed by atoms with van der Waals surface area (Å²) in [5.74, 6) is 0.835. The molecular formula is C24H30N4O2S. The van der Waals surface area contributed by atoms with Crippen LogP contribution >= 0.6 is 0 Å². The number of anilines is 1. The number of benzene rings is 2. The minimum Gasteiger partial charge on any atom is -0.352 e. The second-order valence-electron chi connectivity index (χ2n) is 8.77. The molecule has 0 N–H and O–H groups in total.